The number of aliphatic hydroxyl groups is 1. The van der Waals surface area contributed by atoms with Gasteiger partial charge in [0.15, 0.2) is 0 Å². The van der Waals surface area contributed by atoms with Crippen LogP contribution in [-0.4, -0.2) is 48.2 Å². The summed E-state index contributed by atoms with van der Waals surface area (Å²) in [4.78, 5) is 16.9. The van der Waals surface area contributed by atoms with E-state index in [9.17, 15) is 14.3 Å². The van der Waals surface area contributed by atoms with Gasteiger partial charge in [-0.1, -0.05) is 12.1 Å². The molecular formula is C20H24FN5O3. The fourth-order valence-corrected chi connectivity index (χ4v) is 3.19. The number of benzene rings is 1. The zero-order valence-corrected chi connectivity index (χ0v) is 16.0. The van der Waals surface area contributed by atoms with E-state index in [-0.39, 0.29) is 25.5 Å². The minimum absolute atomic E-state index is 0.0203. The van der Waals surface area contributed by atoms with Crippen molar-refractivity contribution in [2.45, 2.75) is 25.5 Å². The third-order valence-corrected chi connectivity index (χ3v) is 4.46. The van der Waals surface area contributed by atoms with Crippen molar-refractivity contribution in [3.05, 3.63) is 53.0 Å². The quantitative estimate of drug-likeness (QED) is 0.504. The minimum Gasteiger partial charge on any atom is -0.390 e. The van der Waals surface area contributed by atoms with Crippen LogP contribution in [0.3, 0.4) is 0 Å². The fourth-order valence-electron chi connectivity index (χ4n) is 3.19. The maximum absolute atomic E-state index is 13.6. The van der Waals surface area contributed by atoms with Gasteiger partial charge in [-0.2, -0.15) is 0 Å². The number of carbonyl (C=O) groups is 1. The molecule has 0 saturated carbocycles. The molecule has 3 rings (SSSR count). The number of pyridine rings is 1. The molecule has 1 aliphatic rings. The lowest BCUT2D eigenvalue weighted by Gasteiger charge is -2.23. The van der Waals surface area contributed by atoms with Crippen LogP contribution >= 0.6 is 0 Å². The van der Waals surface area contributed by atoms with Crippen LogP contribution in [0.5, 0.6) is 0 Å². The number of rotatable bonds is 4. The highest BCUT2D eigenvalue weighted by molar-refractivity contribution is 5.92. The molecule has 0 fully saturated rings. The Balaban J connectivity index is 1.93. The van der Waals surface area contributed by atoms with E-state index >= 15 is 0 Å². The smallest absolute Gasteiger partial charge is 0.320 e. The molecule has 2 bridgehead atoms. The van der Waals surface area contributed by atoms with Crippen LogP contribution in [0.1, 0.15) is 29.8 Å². The van der Waals surface area contributed by atoms with E-state index in [4.69, 9.17) is 10.1 Å². The summed E-state index contributed by atoms with van der Waals surface area (Å²) in [5.74, 6) is -0.166. The van der Waals surface area contributed by atoms with Gasteiger partial charge in [0.2, 0.25) is 0 Å². The molecule has 29 heavy (non-hydrogen) atoms. The predicted octanol–water partition coefficient (Wildman–Crippen LogP) is 2.45. The topological polar surface area (TPSA) is 119 Å². The Morgan fingerprint density at radius 1 is 1.41 bits per heavy atom. The molecule has 0 unspecified atom stereocenters. The van der Waals surface area contributed by atoms with Crippen molar-refractivity contribution in [1.29, 1.82) is 5.41 Å². The monoisotopic (exact) mass is 401 g/mol. The molecule has 5 N–H and O–H groups in total. The summed E-state index contributed by atoms with van der Waals surface area (Å²) in [5.41, 5.74) is 2.26. The van der Waals surface area contributed by atoms with E-state index in [1.54, 1.807) is 18.2 Å². The Hall–Kier alpha value is -3.04. The summed E-state index contributed by atoms with van der Waals surface area (Å²) in [6, 6.07) is 6.33. The number of anilines is 2. The largest absolute Gasteiger partial charge is 0.390 e. The third kappa shape index (κ3) is 5.27. The van der Waals surface area contributed by atoms with Crippen LogP contribution in [0, 0.1) is 11.2 Å². The lowest BCUT2D eigenvalue weighted by molar-refractivity contribution is 0.0283. The van der Waals surface area contributed by atoms with Crippen molar-refractivity contribution >= 4 is 23.8 Å². The van der Waals surface area contributed by atoms with Crippen molar-refractivity contribution < 1.29 is 19.0 Å². The molecule has 8 nitrogen and oxygen atoms in total. The zero-order valence-electron chi connectivity index (χ0n) is 16.0. The minimum atomic E-state index is -0.836. The summed E-state index contributed by atoms with van der Waals surface area (Å²) < 4.78 is 19.2. The molecule has 0 spiro atoms. The van der Waals surface area contributed by atoms with Gasteiger partial charge in [-0.3, -0.25) is 5.32 Å². The van der Waals surface area contributed by atoms with Gasteiger partial charge in [-0.15, -0.1) is 0 Å². The number of hydrogen-bond donors (Lipinski definition) is 5. The van der Waals surface area contributed by atoms with Gasteiger partial charge in [0.05, 0.1) is 36.7 Å². The molecule has 0 aliphatic carbocycles. The number of amides is 2. The van der Waals surface area contributed by atoms with Crippen molar-refractivity contribution in [2.75, 3.05) is 30.4 Å². The van der Waals surface area contributed by atoms with Crippen LogP contribution in [0.4, 0.5) is 20.7 Å². The van der Waals surface area contributed by atoms with E-state index in [0.717, 1.165) is 6.21 Å². The van der Waals surface area contributed by atoms with Gasteiger partial charge in [0, 0.05) is 24.7 Å². The van der Waals surface area contributed by atoms with E-state index in [1.807, 2.05) is 6.92 Å². The first kappa shape index (κ1) is 20.7. The SMILES string of the molecule is CCNc1c(C=N)cc2nc1C[C@@H](O)COC[C@H](c1cccc(F)c1)NC(=O)N2. The Bertz CT molecular complexity index is 892. The molecular weight excluding hydrogens is 377 g/mol. The van der Waals surface area contributed by atoms with E-state index < -0.39 is 24.0 Å². The third-order valence-electron chi connectivity index (χ3n) is 4.46. The van der Waals surface area contributed by atoms with Gasteiger partial charge < -0.3 is 25.9 Å². The fraction of sp³-hybridized carbons (Fsp3) is 0.350. The molecule has 0 saturated heterocycles. The maximum atomic E-state index is 13.6. The Morgan fingerprint density at radius 2 is 2.24 bits per heavy atom. The summed E-state index contributed by atoms with van der Waals surface area (Å²) in [5, 5.41) is 26.6. The van der Waals surface area contributed by atoms with Crippen LogP contribution in [-0.2, 0) is 11.2 Å². The second-order valence-corrected chi connectivity index (χ2v) is 6.69. The molecule has 2 atom stereocenters. The highest BCUT2D eigenvalue weighted by Gasteiger charge is 2.21. The van der Waals surface area contributed by atoms with Crippen LogP contribution in [0.2, 0.25) is 0 Å². The zero-order chi connectivity index (χ0) is 20.8. The van der Waals surface area contributed by atoms with Gasteiger partial charge in [0.25, 0.3) is 0 Å². The summed E-state index contributed by atoms with van der Waals surface area (Å²) in [6.45, 7) is 2.62. The first-order chi connectivity index (χ1) is 14.0. The number of ether oxygens (including phenoxy) is 1. The Morgan fingerprint density at radius 3 is 2.97 bits per heavy atom. The Kier molecular flexibility index (Phi) is 6.73. The number of nitrogens with one attached hydrogen (secondary N) is 4. The van der Waals surface area contributed by atoms with Crippen LogP contribution in [0.15, 0.2) is 30.3 Å². The van der Waals surface area contributed by atoms with Gasteiger partial charge in [-0.05, 0) is 30.7 Å². The Labute approximate surface area is 168 Å². The standard InChI is InChI=1S/C20H24FN5O3/c1-2-23-19-13(9-22)7-18-24-16(19)8-15(27)10-29-11-17(25-20(28)26-18)12-4-3-5-14(21)6-12/h3-7,9,15,17,22-23,27H,2,8,10-11H2,1H3,(H2,24,25,26,28)/t15-,17-/m1/s1. The number of fused-ring (bicyclic) bond motifs is 2. The highest BCUT2D eigenvalue weighted by Crippen LogP contribution is 2.24. The lowest BCUT2D eigenvalue weighted by Crippen LogP contribution is -2.36. The van der Waals surface area contributed by atoms with Gasteiger partial charge >= 0.3 is 6.03 Å². The molecule has 1 aliphatic heterocycles. The highest BCUT2D eigenvalue weighted by atomic mass is 19.1. The average molecular weight is 401 g/mol. The number of urea groups is 1. The maximum Gasteiger partial charge on any atom is 0.320 e. The second-order valence-electron chi connectivity index (χ2n) is 6.69. The molecule has 9 heteroatoms. The van der Waals surface area contributed by atoms with Crippen LogP contribution < -0.4 is 16.0 Å². The van der Waals surface area contributed by atoms with Crippen molar-refractivity contribution in [2.24, 2.45) is 0 Å². The number of halogens is 1. The first-order valence-corrected chi connectivity index (χ1v) is 9.37. The first-order valence-electron chi connectivity index (χ1n) is 9.37. The summed E-state index contributed by atoms with van der Waals surface area (Å²) >= 11 is 0. The molecule has 1 aromatic carbocycles. The molecule has 1 aromatic heterocycles. The number of aliphatic hydroxyl groups excluding tert-OH is 1. The molecule has 2 aromatic rings. The van der Waals surface area contributed by atoms with Crippen molar-refractivity contribution in [1.82, 2.24) is 10.3 Å². The van der Waals surface area contributed by atoms with E-state index in [2.05, 4.69) is 20.9 Å². The van der Waals surface area contributed by atoms with Gasteiger partial charge in [-0.25, -0.2) is 14.2 Å². The number of nitrogens with zero attached hydrogens (tertiary/aromatic N) is 1. The lowest BCUT2D eigenvalue weighted by atomic mass is 10.1. The molecule has 154 valence electrons. The summed E-state index contributed by atoms with van der Waals surface area (Å²) in [6.07, 6.45) is 0.513. The van der Waals surface area contributed by atoms with Crippen LogP contribution in [0.25, 0.3) is 0 Å². The molecule has 2 heterocycles. The number of hydrogen-bond acceptors (Lipinski definition) is 6. The van der Waals surface area contributed by atoms with Crippen molar-refractivity contribution in [3.8, 4) is 0 Å². The van der Waals surface area contributed by atoms with Gasteiger partial charge in [0.1, 0.15) is 11.6 Å². The van der Waals surface area contributed by atoms with E-state index in [0.29, 0.717) is 29.1 Å². The second kappa shape index (κ2) is 9.44. The molecule has 2 amide bonds. The normalized spacial score (nSPS) is 19.9. The number of carbonyl (C=O) groups excluding carboxylic acids is 1. The van der Waals surface area contributed by atoms with E-state index in [1.165, 1.54) is 12.1 Å². The van der Waals surface area contributed by atoms with Crippen molar-refractivity contribution in [3.63, 3.8) is 0 Å². The predicted molar refractivity (Wildman–Crippen MR) is 108 cm³/mol. The average Bonchev–Trinajstić information content (AvgIpc) is 2.68. The summed E-state index contributed by atoms with van der Waals surface area (Å²) in [7, 11) is 0. The molecule has 0 radical (unpaired) electrons. The number of aromatic nitrogens is 1.